The molecule has 0 radical (unpaired) electrons. The SMILES string of the molecule is CCC(CCC(C#N)(c1ccccc1F)C1CCCC1)N(Cc1ccccc1)C(C)C. The molecule has 0 heterocycles. The Labute approximate surface area is 188 Å². The van der Waals surface area contributed by atoms with Crippen molar-refractivity contribution >= 4 is 0 Å². The van der Waals surface area contributed by atoms with Crippen molar-refractivity contribution in [2.45, 2.75) is 89.8 Å². The number of nitriles is 1. The highest BCUT2D eigenvalue weighted by atomic mass is 19.1. The Kier molecular flexibility index (Phi) is 8.27. The van der Waals surface area contributed by atoms with E-state index in [-0.39, 0.29) is 11.7 Å². The molecular weight excluding hydrogens is 383 g/mol. The van der Waals surface area contributed by atoms with Crippen LogP contribution in [0.4, 0.5) is 4.39 Å². The quantitative estimate of drug-likeness (QED) is 0.405. The molecule has 3 heteroatoms. The van der Waals surface area contributed by atoms with E-state index in [1.165, 1.54) is 11.6 Å². The van der Waals surface area contributed by atoms with Crippen molar-refractivity contribution < 1.29 is 4.39 Å². The van der Waals surface area contributed by atoms with Gasteiger partial charge in [-0.05, 0) is 63.5 Å². The predicted octanol–water partition coefficient (Wildman–Crippen LogP) is 7.25. The average Bonchev–Trinajstić information content (AvgIpc) is 3.33. The van der Waals surface area contributed by atoms with E-state index < -0.39 is 5.41 Å². The lowest BCUT2D eigenvalue weighted by molar-refractivity contribution is 0.121. The summed E-state index contributed by atoms with van der Waals surface area (Å²) in [7, 11) is 0. The zero-order valence-electron chi connectivity index (χ0n) is 19.4. The molecule has 166 valence electrons. The molecule has 2 atom stereocenters. The van der Waals surface area contributed by atoms with E-state index >= 15 is 0 Å². The first-order valence-corrected chi connectivity index (χ1v) is 12.0. The minimum atomic E-state index is -0.731. The standard InChI is InChI=1S/C28H37FN2/c1-4-25(31(22(2)3)20-23-12-6-5-7-13-23)18-19-28(21-30,24-14-8-9-15-24)26-16-10-11-17-27(26)29/h5-7,10-13,16-17,22,24-25H,4,8-9,14-15,18-20H2,1-3H3. The molecular formula is C28H37FN2. The van der Waals surface area contributed by atoms with Crippen molar-refractivity contribution in [1.82, 2.24) is 4.90 Å². The van der Waals surface area contributed by atoms with Crippen LogP contribution in [0.25, 0.3) is 0 Å². The Balaban J connectivity index is 1.86. The highest BCUT2D eigenvalue weighted by Gasteiger charge is 2.44. The van der Waals surface area contributed by atoms with E-state index in [1.807, 2.05) is 12.1 Å². The zero-order chi connectivity index (χ0) is 22.3. The normalized spacial score (nSPS) is 17.6. The van der Waals surface area contributed by atoms with Gasteiger partial charge in [0.25, 0.3) is 0 Å². The van der Waals surface area contributed by atoms with Crippen molar-refractivity contribution in [1.29, 1.82) is 5.26 Å². The molecule has 2 aromatic carbocycles. The Morgan fingerprint density at radius 3 is 2.29 bits per heavy atom. The Hall–Kier alpha value is -2.18. The third-order valence-electron chi connectivity index (χ3n) is 7.29. The van der Waals surface area contributed by atoms with Gasteiger partial charge in [0.2, 0.25) is 0 Å². The lowest BCUT2D eigenvalue weighted by Gasteiger charge is -2.39. The molecule has 0 spiro atoms. The fraction of sp³-hybridized carbons (Fsp3) is 0.536. The lowest BCUT2D eigenvalue weighted by atomic mass is 9.67. The first-order valence-electron chi connectivity index (χ1n) is 12.0. The first kappa shape index (κ1) is 23.5. The highest BCUT2D eigenvalue weighted by molar-refractivity contribution is 5.35. The van der Waals surface area contributed by atoms with Crippen LogP contribution in [0.15, 0.2) is 54.6 Å². The molecule has 2 aromatic rings. The van der Waals surface area contributed by atoms with Crippen LogP contribution >= 0.6 is 0 Å². The summed E-state index contributed by atoms with van der Waals surface area (Å²) in [5.41, 5.74) is 1.19. The summed E-state index contributed by atoms with van der Waals surface area (Å²) >= 11 is 0. The molecule has 0 aliphatic heterocycles. The van der Waals surface area contributed by atoms with Crippen molar-refractivity contribution in [3.63, 3.8) is 0 Å². The van der Waals surface area contributed by atoms with Crippen molar-refractivity contribution in [2.24, 2.45) is 5.92 Å². The highest BCUT2D eigenvalue weighted by Crippen LogP contribution is 2.46. The van der Waals surface area contributed by atoms with Crippen LogP contribution < -0.4 is 0 Å². The van der Waals surface area contributed by atoms with Gasteiger partial charge in [-0.1, -0.05) is 68.3 Å². The van der Waals surface area contributed by atoms with Crippen LogP contribution in [0.5, 0.6) is 0 Å². The molecule has 0 bridgehead atoms. The van der Waals surface area contributed by atoms with E-state index in [0.717, 1.165) is 45.1 Å². The fourth-order valence-corrected chi connectivity index (χ4v) is 5.53. The second-order valence-electron chi connectivity index (χ2n) is 9.40. The van der Waals surface area contributed by atoms with E-state index in [2.05, 4.69) is 62.1 Å². The van der Waals surface area contributed by atoms with E-state index in [9.17, 15) is 9.65 Å². The molecule has 2 nitrogen and oxygen atoms in total. The van der Waals surface area contributed by atoms with Gasteiger partial charge in [-0.2, -0.15) is 5.26 Å². The van der Waals surface area contributed by atoms with Crippen molar-refractivity contribution in [3.05, 3.63) is 71.5 Å². The summed E-state index contributed by atoms with van der Waals surface area (Å²) in [6.45, 7) is 7.63. The molecule has 3 rings (SSSR count). The predicted molar refractivity (Wildman–Crippen MR) is 126 cm³/mol. The third kappa shape index (κ3) is 5.36. The van der Waals surface area contributed by atoms with Gasteiger partial charge in [-0.3, -0.25) is 4.90 Å². The van der Waals surface area contributed by atoms with E-state index in [0.29, 0.717) is 24.1 Å². The second-order valence-corrected chi connectivity index (χ2v) is 9.40. The maximum atomic E-state index is 14.9. The number of hydrogen-bond donors (Lipinski definition) is 0. The lowest BCUT2D eigenvalue weighted by Crippen LogP contribution is -2.42. The van der Waals surface area contributed by atoms with Crippen LogP contribution in [0.1, 0.15) is 76.8 Å². The molecule has 0 amide bonds. The van der Waals surface area contributed by atoms with Crippen LogP contribution in [0.2, 0.25) is 0 Å². The fourth-order valence-electron chi connectivity index (χ4n) is 5.53. The van der Waals surface area contributed by atoms with Gasteiger partial charge in [0.15, 0.2) is 0 Å². The molecule has 2 unspecified atom stereocenters. The van der Waals surface area contributed by atoms with Crippen molar-refractivity contribution in [3.8, 4) is 6.07 Å². The van der Waals surface area contributed by atoms with Crippen LogP contribution in [0, 0.1) is 23.1 Å². The van der Waals surface area contributed by atoms with E-state index in [4.69, 9.17) is 0 Å². The molecule has 0 aromatic heterocycles. The molecule has 1 fully saturated rings. The van der Waals surface area contributed by atoms with Gasteiger partial charge < -0.3 is 0 Å². The summed E-state index contributed by atoms with van der Waals surface area (Å²) in [5.74, 6) is 0.0162. The number of hydrogen-bond acceptors (Lipinski definition) is 2. The molecule has 0 N–H and O–H groups in total. The minimum Gasteiger partial charge on any atom is -0.294 e. The summed E-state index contributed by atoms with van der Waals surface area (Å²) < 4.78 is 14.9. The van der Waals surface area contributed by atoms with Crippen molar-refractivity contribution in [2.75, 3.05) is 0 Å². The van der Waals surface area contributed by atoms with Crippen LogP contribution in [-0.2, 0) is 12.0 Å². The topological polar surface area (TPSA) is 27.0 Å². The molecule has 0 saturated heterocycles. The number of rotatable bonds is 10. The van der Waals surface area contributed by atoms with Crippen LogP contribution in [0.3, 0.4) is 0 Å². The zero-order valence-corrected chi connectivity index (χ0v) is 19.4. The van der Waals surface area contributed by atoms with Gasteiger partial charge in [0.05, 0.1) is 11.5 Å². The molecule has 31 heavy (non-hydrogen) atoms. The summed E-state index contributed by atoms with van der Waals surface area (Å²) in [6, 6.07) is 21.0. The van der Waals surface area contributed by atoms with E-state index in [1.54, 1.807) is 6.07 Å². The number of halogens is 1. The van der Waals surface area contributed by atoms with Gasteiger partial charge in [0.1, 0.15) is 5.82 Å². The monoisotopic (exact) mass is 420 g/mol. The van der Waals surface area contributed by atoms with Gasteiger partial charge in [-0.25, -0.2) is 4.39 Å². The second kappa shape index (κ2) is 10.9. The maximum Gasteiger partial charge on any atom is 0.128 e. The number of benzene rings is 2. The summed E-state index contributed by atoms with van der Waals surface area (Å²) in [4.78, 5) is 2.55. The maximum absolute atomic E-state index is 14.9. The first-order chi connectivity index (χ1) is 15.0. The Bertz CT molecular complexity index is 851. The smallest absolute Gasteiger partial charge is 0.128 e. The number of nitrogens with zero attached hydrogens (tertiary/aromatic N) is 2. The Morgan fingerprint density at radius 2 is 1.71 bits per heavy atom. The average molecular weight is 421 g/mol. The molecule has 1 aliphatic rings. The van der Waals surface area contributed by atoms with Crippen LogP contribution in [-0.4, -0.2) is 17.0 Å². The molecule has 1 saturated carbocycles. The van der Waals surface area contributed by atoms with Gasteiger partial charge in [-0.15, -0.1) is 0 Å². The van der Waals surface area contributed by atoms with Gasteiger partial charge >= 0.3 is 0 Å². The summed E-state index contributed by atoms with van der Waals surface area (Å²) in [5, 5.41) is 10.5. The third-order valence-corrected chi connectivity index (χ3v) is 7.29. The Morgan fingerprint density at radius 1 is 1.06 bits per heavy atom. The summed E-state index contributed by atoms with van der Waals surface area (Å²) in [6.07, 6.45) is 6.98. The molecule has 1 aliphatic carbocycles. The largest absolute Gasteiger partial charge is 0.294 e. The van der Waals surface area contributed by atoms with Gasteiger partial charge in [0, 0.05) is 24.2 Å². The minimum absolute atomic E-state index is 0.228.